The molecule has 1 spiro atoms. The maximum atomic E-state index is 13.7. The van der Waals surface area contributed by atoms with E-state index in [-0.39, 0.29) is 24.3 Å². The molecule has 1 atom stereocenters. The number of hydrogen-bond donors (Lipinski definition) is 0. The van der Waals surface area contributed by atoms with E-state index in [1.165, 1.54) is 6.26 Å². The summed E-state index contributed by atoms with van der Waals surface area (Å²) in [7, 11) is 0. The first-order valence-electron chi connectivity index (χ1n) is 11.7. The molecule has 33 heavy (non-hydrogen) atoms. The van der Waals surface area contributed by atoms with Crippen molar-refractivity contribution >= 4 is 17.7 Å². The number of benzene rings is 1. The average Bonchev–Trinajstić information content (AvgIpc) is 3.53. The number of likely N-dealkylation sites (tertiary alicyclic amines) is 2. The lowest BCUT2D eigenvalue weighted by molar-refractivity contribution is -0.138. The number of piperidine rings is 2. The lowest BCUT2D eigenvalue weighted by Gasteiger charge is -2.45. The van der Waals surface area contributed by atoms with Gasteiger partial charge >= 0.3 is 0 Å². The van der Waals surface area contributed by atoms with E-state index in [1.807, 2.05) is 23.1 Å². The first-order chi connectivity index (χ1) is 16.1. The molecular weight excluding hydrogens is 422 g/mol. The number of ether oxygens (including phenoxy) is 1. The van der Waals surface area contributed by atoms with Gasteiger partial charge in [-0.05, 0) is 43.5 Å². The largest absolute Gasteiger partial charge is 0.459 e. The Hall–Kier alpha value is -3.13. The van der Waals surface area contributed by atoms with Crippen LogP contribution < -0.4 is 0 Å². The van der Waals surface area contributed by atoms with E-state index in [2.05, 4.69) is 0 Å². The van der Waals surface area contributed by atoms with E-state index in [1.54, 1.807) is 34.1 Å². The van der Waals surface area contributed by atoms with E-state index in [0.29, 0.717) is 37.3 Å². The van der Waals surface area contributed by atoms with Crippen LogP contribution in [0.15, 0.2) is 53.1 Å². The molecule has 1 aromatic heterocycles. The third-order valence-electron chi connectivity index (χ3n) is 7.02. The Morgan fingerprint density at radius 1 is 0.818 bits per heavy atom. The molecule has 8 nitrogen and oxygen atoms in total. The SMILES string of the molecule is O=C(c1ccco1)N1CCC2(CC1)OCC(C(=O)N1CCCCC1)N2C(=O)c1ccccc1. The first-order valence-corrected chi connectivity index (χ1v) is 11.7. The number of carbonyl (C=O) groups is 3. The van der Waals surface area contributed by atoms with Crippen molar-refractivity contribution in [2.24, 2.45) is 0 Å². The van der Waals surface area contributed by atoms with Gasteiger partial charge in [0.1, 0.15) is 11.8 Å². The molecule has 3 saturated heterocycles. The molecule has 4 heterocycles. The highest BCUT2D eigenvalue weighted by molar-refractivity contribution is 5.98. The van der Waals surface area contributed by atoms with Gasteiger partial charge in [-0.15, -0.1) is 0 Å². The third-order valence-corrected chi connectivity index (χ3v) is 7.02. The van der Waals surface area contributed by atoms with Gasteiger partial charge in [-0.1, -0.05) is 18.2 Å². The summed E-state index contributed by atoms with van der Waals surface area (Å²) < 4.78 is 11.5. The molecule has 174 valence electrons. The summed E-state index contributed by atoms with van der Waals surface area (Å²) in [6.45, 7) is 2.47. The Labute approximate surface area is 193 Å². The number of hydrogen-bond acceptors (Lipinski definition) is 5. The Morgan fingerprint density at radius 2 is 1.55 bits per heavy atom. The minimum atomic E-state index is -0.900. The third kappa shape index (κ3) is 4.04. The van der Waals surface area contributed by atoms with Crippen LogP contribution in [0.1, 0.15) is 53.0 Å². The van der Waals surface area contributed by atoms with E-state index in [0.717, 1.165) is 32.4 Å². The van der Waals surface area contributed by atoms with Gasteiger partial charge in [0.25, 0.3) is 11.8 Å². The molecule has 0 aliphatic carbocycles. The van der Waals surface area contributed by atoms with Crippen molar-refractivity contribution < 1.29 is 23.5 Å². The zero-order valence-corrected chi connectivity index (χ0v) is 18.7. The molecule has 3 aliphatic heterocycles. The molecule has 3 aliphatic rings. The summed E-state index contributed by atoms with van der Waals surface area (Å²) in [5.74, 6) is -0.109. The summed E-state index contributed by atoms with van der Waals surface area (Å²) in [5.41, 5.74) is -0.365. The molecule has 3 amide bonds. The zero-order chi connectivity index (χ0) is 22.8. The fraction of sp³-hybridized carbons (Fsp3) is 0.480. The normalized spacial score (nSPS) is 22.5. The second kappa shape index (κ2) is 9.02. The Bertz CT molecular complexity index is 992. The van der Waals surface area contributed by atoms with Crippen LogP contribution in [0.2, 0.25) is 0 Å². The zero-order valence-electron chi connectivity index (χ0n) is 18.7. The predicted octanol–water partition coefficient (Wildman–Crippen LogP) is 2.77. The summed E-state index contributed by atoms with van der Waals surface area (Å²) >= 11 is 0. The Kier molecular flexibility index (Phi) is 5.93. The highest BCUT2D eigenvalue weighted by Crippen LogP contribution is 2.39. The molecule has 5 rings (SSSR count). The van der Waals surface area contributed by atoms with Gasteiger partial charge in [0, 0.05) is 44.6 Å². The second-order valence-electron chi connectivity index (χ2n) is 8.97. The summed E-state index contributed by atoms with van der Waals surface area (Å²) in [6, 6.07) is 11.7. The van der Waals surface area contributed by atoms with Gasteiger partial charge in [-0.25, -0.2) is 0 Å². The van der Waals surface area contributed by atoms with Crippen molar-refractivity contribution in [2.45, 2.75) is 43.9 Å². The van der Waals surface area contributed by atoms with Crippen molar-refractivity contribution in [3.8, 4) is 0 Å². The van der Waals surface area contributed by atoms with Gasteiger partial charge < -0.3 is 19.0 Å². The maximum Gasteiger partial charge on any atom is 0.289 e. The smallest absolute Gasteiger partial charge is 0.289 e. The number of amides is 3. The highest BCUT2D eigenvalue weighted by Gasteiger charge is 2.55. The quantitative estimate of drug-likeness (QED) is 0.717. The van der Waals surface area contributed by atoms with Crippen LogP contribution >= 0.6 is 0 Å². The molecule has 0 bridgehead atoms. The number of nitrogens with zero attached hydrogens (tertiary/aromatic N) is 3. The van der Waals surface area contributed by atoms with Gasteiger partial charge in [-0.3, -0.25) is 19.3 Å². The number of furan rings is 1. The lowest BCUT2D eigenvalue weighted by Crippen LogP contribution is -2.60. The maximum absolute atomic E-state index is 13.7. The van der Waals surface area contributed by atoms with E-state index in [9.17, 15) is 14.4 Å². The predicted molar refractivity (Wildman–Crippen MR) is 119 cm³/mol. The monoisotopic (exact) mass is 451 g/mol. The fourth-order valence-corrected chi connectivity index (χ4v) is 5.22. The Balaban J connectivity index is 1.39. The van der Waals surface area contributed by atoms with Crippen LogP contribution in [0.25, 0.3) is 0 Å². The van der Waals surface area contributed by atoms with Crippen molar-refractivity contribution in [3.63, 3.8) is 0 Å². The molecule has 8 heteroatoms. The topological polar surface area (TPSA) is 83.3 Å². The van der Waals surface area contributed by atoms with Crippen LogP contribution in [0.3, 0.4) is 0 Å². The molecular formula is C25H29N3O5. The van der Waals surface area contributed by atoms with Crippen molar-refractivity contribution in [1.29, 1.82) is 0 Å². The number of carbonyl (C=O) groups excluding carboxylic acids is 3. The molecule has 0 N–H and O–H groups in total. The van der Waals surface area contributed by atoms with E-state index in [4.69, 9.17) is 9.15 Å². The molecule has 1 aromatic carbocycles. The minimum absolute atomic E-state index is 0.0371. The van der Waals surface area contributed by atoms with E-state index >= 15 is 0 Å². The van der Waals surface area contributed by atoms with Crippen LogP contribution in [0.5, 0.6) is 0 Å². The first kappa shape index (κ1) is 21.7. The molecule has 1 unspecified atom stereocenters. The average molecular weight is 452 g/mol. The van der Waals surface area contributed by atoms with Crippen LogP contribution in [-0.2, 0) is 9.53 Å². The molecule has 0 radical (unpaired) electrons. The highest BCUT2D eigenvalue weighted by atomic mass is 16.5. The van der Waals surface area contributed by atoms with Gasteiger partial charge in [0.05, 0.1) is 12.9 Å². The van der Waals surface area contributed by atoms with Crippen LogP contribution in [-0.4, -0.2) is 77.0 Å². The van der Waals surface area contributed by atoms with Gasteiger partial charge in [0.15, 0.2) is 5.76 Å². The van der Waals surface area contributed by atoms with Gasteiger partial charge in [0.2, 0.25) is 5.91 Å². The standard InChI is InChI=1S/C25H29N3O5/c29-22(19-8-3-1-4-9-19)28-20(23(30)26-13-5-2-6-14-26)18-33-25(28)11-15-27(16-12-25)24(31)21-10-7-17-32-21/h1,3-4,7-10,17,20H,2,5-6,11-16,18H2. The minimum Gasteiger partial charge on any atom is -0.459 e. The van der Waals surface area contributed by atoms with Crippen LogP contribution in [0.4, 0.5) is 0 Å². The van der Waals surface area contributed by atoms with Gasteiger partial charge in [-0.2, -0.15) is 0 Å². The summed E-state index contributed by atoms with van der Waals surface area (Å²) in [4.78, 5) is 45.2. The van der Waals surface area contributed by atoms with Crippen molar-refractivity contribution in [2.75, 3.05) is 32.8 Å². The Morgan fingerprint density at radius 3 is 2.21 bits per heavy atom. The summed E-state index contributed by atoms with van der Waals surface area (Å²) in [5, 5.41) is 0. The fourth-order valence-electron chi connectivity index (χ4n) is 5.22. The van der Waals surface area contributed by atoms with Crippen molar-refractivity contribution in [1.82, 2.24) is 14.7 Å². The lowest BCUT2D eigenvalue weighted by atomic mass is 9.96. The summed E-state index contributed by atoms with van der Waals surface area (Å²) in [6.07, 6.45) is 5.47. The second-order valence-corrected chi connectivity index (χ2v) is 8.97. The van der Waals surface area contributed by atoms with Crippen molar-refractivity contribution in [3.05, 3.63) is 60.1 Å². The molecule has 3 fully saturated rings. The van der Waals surface area contributed by atoms with E-state index < -0.39 is 11.8 Å². The molecule has 0 saturated carbocycles. The molecule has 2 aromatic rings. The van der Waals surface area contributed by atoms with Crippen LogP contribution in [0, 0.1) is 0 Å². The number of rotatable bonds is 3.